The van der Waals surface area contributed by atoms with Crippen LogP contribution in [0, 0.1) is 11.3 Å². The third kappa shape index (κ3) is 4.35. The Morgan fingerprint density at radius 3 is 2.82 bits per heavy atom. The van der Waals surface area contributed by atoms with Crippen LogP contribution >= 0.6 is 0 Å². The topological polar surface area (TPSA) is 122 Å². The molecule has 0 aliphatic carbocycles. The molecule has 2 fully saturated rings. The molecule has 3 aromatic rings. The van der Waals surface area contributed by atoms with Crippen molar-refractivity contribution in [3.63, 3.8) is 0 Å². The highest BCUT2D eigenvalue weighted by molar-refractivity contribution is 5.67. The predicted molar refractivity (Wildman–Crippen MR) is 119 cm³/mol. The first-order valence-electron chi connectivity index (χ1n) is 10.9. The van der Waals surface area contributed by atoms with Crippen molar-refractivity contribution in [1.29, 1.82) is 5.26 Å². The van der Waals surface area contributed by atoms with Gasteiger partial charge in [0.2, 0.25) is 5.95 Å². The number of ether oxygens (including phenoxy) is 1. The van der Waals surface area contributed by atoms with Crippen molar-refractivity contribution in [2.24, 2.45) is 5.84 Å². The third-order valence-electron chi connectivity index (χ3n) is 6.00. The largest absolute Gasteiger partial charge is 0.381 e. The van der Waals surface area contributed by atoms with Gasteiger partial charge in [-0.2, -0.15) is 10.4 Å². The first-order chi connectivity index (χ1) is 16.1. The van der Waals surface area contributed by atoms with E-state index in [1.54, 1.807) is 35.6 Å². The maximum absolute atomic E-state index is 13.6. The van der Waals surface area contributed by atoms with E-state index in [0.717, 1.165) is 26.1 Å². The molecule has 0 saturated carbocycles. The molecule has 11 heteroatoms. The van der Waals surface area contributed by atoms with Crippen LogP contribution in [-0.2, 0) is 4.74 Å². The van der Waals surface area contributed by atoms with Gasteiger partial charge >= 0.3 is 0 Å². The number of halogens is 1. The van der Waals surface area contributed by atoms with Gasteiger partial charge in [0.15, 0.2) is 0 Å². The van der Waals surface area contributed by atoms with E-state index in [1.807, 2.05) is 10.9 Å². The molecule has 0 aromatic carbocycles. The summed E-state index contributed by atoms with van der Waals surface area (Å²) in [6.07, 6.45) is 8.17. The zero-order valence-corrected chi connectivity index (χ0v) is 18.0. The molecule has 0 unspecified atom stereocenters. The van der Waals surface area contributed by atoms with Gasteiger partial charge in [0, 0.05) is 37.7 Å². The van der Waals surface area contributed by atoms with Gasteiger partial charge in [-0.25, -0.2) is 30.2 Å². The molecule has 0 bridgehead atoms. The summed E-state index contributed by atoms with van der Waals surface area (Å²) >= 11 is 0. The molecule has 0 amide bonds. The lowest BCUT2D eigenvalue weighted by atomic mass is 10.1. The first kappa shape index (κ1) is 21.2. The molecule has 170 valence electrons. The minimum Gasteiger partial charge on any atom is -0.381 e. The number of hydrogen-bond acceptors (Lipinski definition) is 9. The Balaban J connectivity index is 1.38. The number of rotatable bonds is 5. The van der Waals surface area contributed by atoms with Crippen molar-refractivity contribution in [1.82, 2.24) is 24.7 Å². The number of nitriles is 1. The molecular formula is C22H24FN9O. The highest BCUT2D eigenvalue weighted by atomic mass is 19.1. The van der Waals surface area contributed by atoms with Crippen LogP contribution < -0.4 is 15.8 Å². The summed E-state index contributed by atoms with van der Waals surface area (Å²) in [6.45, 7) is 2.24. The van der Waals surface area contributed by atoms with Crippen LogP contribution in [0.15, 0.2) is 36.9 Å². The van der Waals surface area contributed by atoms with Gasteiger partial charge in [-0.15, -0.1) is 0 Å². The number of hydrazine groups is 1. The van der Waals surface area contributed by atoms with Crippen molar-refractivity contribution < 1.29 is 9.13 Å². The molecule has 0 spiro atoms. The Labute approximate surface area is 190 Å². The lowest BCUT2D eigenvalue weighted by Crippen LogP contribution is -2.27. The van der Waals surface area contributed by atoms with E-state index in [-0.39, 0.29) is 12.6 Å². The maximum Gasteiger partial charge on any atom is 0.245 e. The van der Waals surface area contributed by atoms with Crippen LogP contribution in [0.4, 0.5) is 21.8 Å². The van der Waals surface area contributed by atoms with Gasteiger partial charge in [0.05, 0.1) is 41.9 Å². The Morgan fingerprint density at radius 2 is 2.06 bits per heavy atom. The summed E-state index contributed by atoms with van der Waals surface area (Å²) in [6, 6.07) is 5.89. The molecule has 10 nitrogen and oxygen atoms in total. The van der Waals surface area contributed by atoms with Crippen molar-refractivity contribution in [3.8, 4) is 17.3 Å². The summed E-state index contributed by atoms with van der Waals surface area (Å²) in [5, 5.41) is 15.5. The molecule has 33 heavy (non-hydrogen) atoms. The molecule has 2 saturated heterocycles. The van der Waals surface area contributed by atoms with E-state index in [2.05, 4.69) is 26.1 Å². The lowest BCUT2D eigenvalue weighted by Gasteiger charge is -2.22. The Kier molecular flexibility index (Phi) is 5.85. The fourth-order valence-electron chi connectivity index (χ4n) is 4.18. The highest BCUT2D eigenvalue weighted by Gasteiger charge is 2.25. The average Bonchev–Trinajstić information content (AvgIpc) is 3.53. The summed E-state index contributed by atoms with van der Waals surface area (Å²) in [5.41, 5.74) is 2.28. The number of nitrogens with two attached hydrogens (primary N) is 1. The third-order valence-corrected chi connectivity index (χ3v) is 6.00. The Hall–Kier alpha value is -3.62. The second-order valence-corrected chi connectivity index (χ2v) is 8.17. The van der Waals surface area contributed by atoms with E-state index in [9.17, 15) is 9.65 Å². The monoisotopic (exact) mass is 449 g/mol. The second kappa shape index (κ2) is 9.09. The minimum atomic E-state index is -0.895. The molecule has 1 atom stereocenters. The number of alkyl halides is 1. The van der Waals surface area contributed by atoms with Crippen molar-refractivity contribution in [2.45, 2.75) is 31.5 Å². The smallest absolute Gasteiger partial charge is 0.245 e. The molecule has 5 rings (SSSR count). The van der Waals surface area contributed by atoms with Crippen LogP contribution in [0.5, 0.6) is 0 Å². The van der Waals surface area contributed by atoms with Gasteiger partial charge in [-0.1, -0.05) is 0 Å². The second-order valence-electron chi connectivity index (χ2n) is 8.17. The number of pyridine rings is 1. The molecule has 0 radical (unpaired) electrons. The SMILES string of the molecule is N#Cc1cc(-c2ccnc(N(N)c3cnn(C4CCOCC4)c3)n2)cnc1N1CC[C@H](F)C1. The number of nitrogens with zero attached hydrogens (tertiary/aromatic N) is 8. The van der Waals surface area contributed by atoms with E-state index >= 15 is 0 Å². The van der Waals surface area contributed by atoms with Crippen molar-refractivity contribution in [3.05, 3.63) is 42.5 Å². The van der Waals surface area contributed by atoms with Crippen molar-refractivity contribution >= 4 is 17.5 Å². The van der Waals surface area contributed by atoms with Crippen LogP contribution in [0.3, 0.4) is 0 Å². The summed E-state index contributed by atoms with van der Waals surface area (Å²) in [4.78, 5) is 15.1. The molecule has 3 aromatic heterocycles. The summed E-state index contributed by atoms with van der Waals surface area (Å²) < 4.78 is 20.9. The van der Waals surface area contributed by atoms with Gasteiger partial charge in [-0.05, 0) is 31.4 Å². The zero-order chi connectivity index (χ0) is 22.8. The van der Waals surface area contributed by atoms with Crippen LogP contribution in [-0.4, -0.2) is 57.2 Å². The molecular weight excluding hydrogens is 425 g/mol. The number of hydrogen-bond donors (Lipinski definition) is 1. The molecule has 2 aliphatic heterocycles. The Morgan fingerprint density at radius 1 is 1.21 bits per heavy atom. The lowest BCUT2D eigenvalue weighted by molar-refractivity contribution is 0.0662. The average molecular weight is 449 g/mol. The Bertz CT molecular complexity index is 1170. The first-order valence-corrected chi connectivity index (χ1v) is 10.9. The van der Waals surface area contributed by atoms with E-state index in [4.69, 9.17) is 10.6 Å². The number of aromatic nitrogens is 5. The van der Waals surface area contributed by atoms with Crippen LogP contribution in [0.1, 0.15) is 30.9 Å². The van der Waals surface area contributed by atoms with Gasteiger partial charge in [0.1, 0.15) is 18.1 Å². The molecule has 5 heterocycles. The fourth-order valence-corrected chi connectivity index (χ4v) is 4.18. The quantitative estimate of drug-likeness (QED) is 0.462. The van der Waals surface area contributed by atoms with Crippen molar-refractivity contribution in [2.75, 3.05) is 36.2 Å². The summed E-state index contributed by atoms with van der Waals surface area (Å²) in [5.74, 6) is 7.09. The normalized spacial score (nSPS) is 18.9. The molecule has 2 N–H and O–H groups in total. The highest BCUT2D eigenvalue weighted by Crippen LogP contribution is 2.28. The molecule has 2 aliphatic rings. The summed E-state index contributed by atoms with van der Waals surface area (Å²) in [7, 11) is 0. The van der Waals surface area contributed by atoms with Gasteiger partial charge in [0.25, 0.3) is 0 Å². The van der Waals surface area contributed by atoms with E-state index < -0.39 is 6.17 Å². The fraction of sp³-hybridized carbons (Fsp3) is 0.409. The standard InChI is InChI=1S/C22H24FN9O/c23-17-2-6-30(13-17)21-15(10-24)9-16(11-27-21)20-1-5-26-22(29-20)32(25)19-12-28-31(14-19)18-3-7-33-8-4-18/h1,5,9,11-12,14,17-18H,2-4,6-8,13,25H2/t17-/m0/s1. The van der Waals surface area contributed by atoms with Gasteiger partial charge < -0.3 is 9.64 Å². The van der Waals surface area contributed by atoms with Crippen LogP contribution in [0.2, 0.25) is 0 Å². The van der Waals surface area contributed by atoms with E-state index in [1.165, 1.54) is 5.01 Å². The van der Waals surface area contributed by atoms with Gasteiger partial charge in [-0.3, -0.25) is 4.68 Å². The predicted octanol–water partition coefficient (Wildman–Crippen LogP) is 2.52. The van der Waals surface area contributed by atoms with E-state index in [0.29, 0.717) is 47.2 Å². The number of anilines is 3. The minimum absolute atomic E-state index is 0.252. The zero-order valence-electron chi connectivity index (χ0n) is 18.0. The van der Waals surface area contributed by atoms with Crippen LogP contribution in [0.25, 0.3) is 11.3 Å². The maximum atomic E-state index is 13.6.